The normalized spacial score (nSPS) is 15.2. The van der Waals surface area contributed by atoms with Gasteiger partial charge in [-0.15, -0.1) is 0 Å². The molecule has 1 fully saturated rings. The van der Waals surface area contributed by atoms with Crippen molar-refractivity contribution in [3.05, 3.63) is 89.9 Å². The molecule has 0 atom stereocenters. The van der Waals surface area contributed by atoms with E-state index in [1.807, 2.05) is 31.3 Å². The van der Waals surface area contributed by atoms with Crippen LogP contribution < -0.4 is 0 Å². The van der Waals surface area contributed by atoms with Crippen LogP contribution in [0, 0.1) is 13.8 Å². The Morgan fingerprint density at radius 1 is 0.969 bits per heavy atom. The molecule has 32 heavy (non-hydrogen) atoms. The highest BCUT2D eigenvalue weighted by molar-refractivity contribution is 5.68. The van der Waals surface area contributed by atoms with Gasteiger partial charge >= 0.3 is 0 Å². The quantitative estimate of drug-likeness (QED) is 0.406. The minimum atomic E-state index is 0.406. The van der Waals surface area contributed by atoms with Crippen molar-refractivity contribution < 1.29 is 4.42 Å². The van der Waals surface area contributed by atoms with Crippen molar-refractivity contribution in [2.45, 2.75) is 39.2 Å². The number of furan rings is 1. The van der Waals surface area contributed by atoms with Crippen LogP contribution >= 0.6 is 0 Å². The zero-order valence-electron chi connectivity index (χ0n) is 18.7. The van der Waals surface area contributed by atoms with Crippen molar-refractivity contribution in [1.29, 1.82) is 0 Å². The van der Waals surface area contributed by atoms with Crippen molar-refractivity contribution in [2.24, 2.45) is 0 Å². The second-order valence-electron chi connectivity index (χ2n) is 8.66. The summed E-state index contributed by atoms with van der Waals surface area (Å²) < 4.78 is 5.78. The Morgan fingerprint density at radius 2 is 1.78 bits per heavy atom. The molecule has 3 aromatic heterocycles. The maximum absolute atomic E-state index is 5.78. The van der Waals surface area contributed by atoms with Gasteiger partial charge in [0.15, 0.2) is 5.82 Å². The first-order valence-corrected chi connectivity index (χ1v) is 11.3. The van der Waals surface area contributed by atoms with Gasteiger partial charge in [0, 0.05) is 35.6 Å². The lowest BCUT2D eigenvalue weighted by Gasteiger charge is -2.32. The summed E-state index contributed by atoms with van der Waals surface area (Å²) in [5.41, 5.74) is 5.74. The first kappa shape index (κ1) is 20.6. The lowest BCUT2D eigenvalue weighted by atomic mass is 9.88. The van der Waals surface area contributed by atoms with Crippen LogP contribution in [-0.2, 0) is 6.54 Å². The average Bonchev–Trinajstić information content (AvgIpc) is 3.24. The molecule has 4 heterocycles. The summed E-state index contributed by atoms with van der Waals surface area (Å²) >= 11 is 0. The van der Waals surface area contributed by atoms with E-state index in [0.29, 0.717) is 5.92 Å². The molecule has 5 rings (SSSR count). The van der Waals surface area contributed by atoms with Crippen LogP contribution in [0.4, 0.5) is 0 Å². The molecule has 0 spiro atoms. The van der Waals surface area contributed by atoms with E-state index >= 15 is 0 Å². The first-order valence-electron chi connectivity index (χ1n) is 11.3. The SMILES string of the molecule is Cc1cccc(-c2cnc(-c3ccncc3)nc2C2CCN(Cc3ccc(C)o3)CC2)c1. The molecule has 0 unspecified atom stereocenters. The van der Waals surface area contributed by atoms with E-state index < -0.39 is 0 Å². The minimum Gasteiger partial charge on any atom is -0.465 e. The van der Waals surface area contributed by atoms with E-state index in [-0.39, 0.29) is 0 Å². The van der Waals surface area contributed by atoms with Gasteiger partial charge in [0.2, 0.25) is 0 Å². The number of aryl methyl sites for hydroxylation is 2. The van der Waals surface area contributed by atoms with E-state index in [2.05, 4.69) is 47.1 Å². The van der Waals surface area contributed by atoms with Gasteiger partial charge in [0.05, 0.1) is 12.2 Å². The molecule has 1 aromatic carbocycles. The van der Waals surface area contributed by atoms with Crippen LogP contribution in [0.25, 0.3) is 22.5 Å². The molecule has 162 valence electrons. The summed E-state index contributed by atoms with van der Waals surface area (Å²) in [7, 11) is 0. The molecular weight excluding hydrogens is 396 g/mol. The van der Waals surface area contributed by atoms with E-state index in [1.165, 1.54) is 11.1 Å². The average molecular weight is 425 g/mol. The number of hydrogen-bond donors (Lipinski definition) is 0. The summed E-state index contributed by atoms with van der Waals surface area (Å²) in [5, 5.41) is 0. The Balaban J connectivity index is 1.43. The predicted molar refractivity (Wildman–Crippen MR) is 126 cm³/mol. The van der Waals surface area contributed by atoms with Gasteiger partial charge in [-0.3, -0.25) is 9.88 Å². The maximum atomic E-state index is 5.78. The van der Waals surface area contributed by atoms with Crippen LogP contribution in [0.5, 0.6) is 0 Å². The summed E-state index contributed by atoms with van der Waals surface area (Å²) in [6.07, 6.45) is 7.74. The fraction of sp³-hybridized carbons (Fsp3) is 0.296. The maximum Gasteiger partial charge on any atom is 0.159 e. The van der Waals surface area contributed by atoms with Crippen LogP contribution in [0.3, 0.4) is 0 Å². The van der Waals surface area contributed by atoms with Gasteiger partial charge in [-0.1, -0.05) is 29.8 Å². The Hall–Kier alpha value is -3.31. The largest absolute Gasteiger partial charge is 0.465 e. The lowest BCUT2D eigenvalue weighted by Crippen LogP contribution is -2.32. The zero-order chi connectivity index (χ0) is 21.9. The second-order valence-corrected chi connectivity index (χ2v) is 8.66. The number of benzene rings is 1. The molecule has 1 saturated heterocycles. The molecule has 5 nitrogen and oxygen atoms in total. The second kappa shape index (κ2) is 9.05. The molecule has 5 heteroatoms. The summed E-state index contributed by atoms with van der Waals surface area (Å²) in [5.74, 6) is 3.20. The van der Waals surface area contributed by atoms with Crippen LogP contribution in [0.1, 0.15) is 41.5 Å². The number of piperidine rings is 1. The molecule has 1 aliphatic rings. The summed E-state index contributed by atoms with van der Waals surface area (Å²) in [6, 6.07) is 16.7. The Labute approximate surface area is 189 Å². The van der Waals surface area contributed by atoms with Gasteiger partial charge in [0.1, 0.15) is 11.5 Å². The topological polar surface area (TPSA) is 55.1 Å². The minimum absolute atomic E-state index is 0.406. The van der Waals surface area contributed by atoms with Crippen molar-refractivity contribution in [1.82, 2.24) is 19.9 Å². The van der Waals surface area contributed by atoms with Crippen molar-refractivity contribution in [2.75, 3.05) is 13.1 Å². The molecule has 0 saturated carbocycles. The van der Waals surface area contributed by atoms with Crippen LogP contribution in [-0.4, -0.2) is 32.9 Å². The fourth-order valence-electron chi connectivity index (χ4n) is 4.54. The number of hydrogen-bond acceptors (Lipinski definition) is 5. The third-order valence-corrected chi connectivity index (χ3v) is 6.24. The Bertz CT molecular complexity index is 1190. The third kappa shape index (κ3) is 4.48. The molecule has 0 bridgehead atoms. The number of pyridine rings is 1. The van der Waals surface area contributed by atoms with Crippen molar-refractivity contribution >= 4 is 0 Å². The Kier molecular flexibility index (Phi) is 5.82. The van der Waals surface area contributed by atoms with Gasteiger partial charge < -0.3 is 4.42 Å². The monoisotopic (exact) mass is 424 g/mol. The number of likely N-dealkylation sites (tertiary alicyclic amines) is 1. The van der Waals surface area contributed by atoms with Gasteiger partial charge in [-0.05, 0) is 69.6 Å². The van der Waals surface area contributed by atoms with E-state index in [9.17, 15) is 0 Å². The summed E-state index contributed by atoms with van der Waals surface area (Å²) in [6.45, 7) is 7.07. The van der Waals surface area contributed by atoms with Crippen molar-refractivity contribution in [3.8, 4) is 22.5 Å². The molecule has 1 aliphatic heterocycles. The van der Waals surface area contributed by atoms with Gasteiger partial charge in [-0.25, -0.2) is 9.97 Å². The molecule has 0 aliphatic carbocycles. The smallest absolute Gasteiger partial charge is 0.159 e. The summed E-state index contributed by atoms with van der Waals surface area (Å²) in [4.78, 5) is 16.4. The highest BCUT2D eigenvalue weighted by Crippen LogP contribution is 2.35. The molecular formula is C27H28N4O. The van der Waals surface area contributed by atoms with E-state index in [1.54, 1.807) is 12.4 Å². The molecule has 0 radical (unpaired) electrons. The molecule has 0 N–H and O–H groups in total. The van der Waals surface area contributed by atoms with Gasteiger partial charge in [-0.2, -0.15) is 0 Å². The highest BCUT2D eigenvalue weighted by Gasteiger charge is 2.25. The van der Waals surface area contributed by atoms with Gasteiger partial charge in [0.25, 0.3) is 0 Å². The lowest BCUT2D eigenvalue weighted by molar-refractivity contribution is 0.189. The molecule has 0 amide bonds. The van der Waals surface area contributed by atoms with Crippen LogP contribution in [0.2, 0.25) is 0 Å². The standard InChI is InChI=1S/C27H28N4O/c1-19-4-3-5-23(16-19)25-17-29-27(22-8-12-28-13-9-22)30-26(25)21-10-14-31(15-11-21)18-24-7-6-20(2)32-24/h3-9,12-13,16-17,21H,10-11,14-15,18H2,1-2H3. The van der Waals surface area contributed by atoms with Crippen molar-refractivity contribution in [3.63, 3.8) is 0 Å². The predicted octanol–water partition coefficient (Wildman–Crippen LogP) is 5.80. The third-order valence-electron chi connectivity index (χ3n) is 6.24. The highest BCUT2D eigenvalue weighted by atomic mass is 16.3. The van der Waals surface area contributed by atoms with E-state index in [0.717, 1.165) is 66.6 Å². The number of aromatic nitrogens is 3. The number of nitrogens with zero attached hydrogens (tertiary/aromatic N) is 4. The first-order chi connectivity index (χ1) is 15.7. The Morgan fingerprint density at radius 3 is 2.50 bits per heavy atom. The zero-order valence-corrected chi connectivity index (χ0v) is 18.7. The number of rotatable bonds is 5. The fourth-order valence-corrected chi connectivity index (χ4v) is 4.54. The van der Waals surface area contributed by atoms with E-state index in [4.69, 9.17) is 14.4 Å². The molecule has 4 aromatic rings. The van der Waals surface area contributed by atoms with Crippen LogP contribution in [0.15, 0.2) is 71.5 Å².